The van der Waals surface area contributed by atoms with E-state index in [4.69, 9.17) is 4.74 Å². The molecule has 152 valence electrons. The highest BCUT2D eigenvalue weighted by Crippen LogP contribution is 2.33. The molecule has 2 amide bonds. The first kappa shape index (κ1) is 19.6. The van der Waals surface area contributed by atoms with Crippen molar-refractivity contribution < 1.29 is 14.3 Å². The van der Waals surface area contributed by atoms with E-state index in [1.165, 1.54) is 10.5 Å². The second kappa shape index (κ2) is 8.76. The zero-order valence-electron chi connectivity index (χ0n) is 16.8. The SMILES string of the molecule is COc1ccccc1C(CCCN1C(=O)c2ccccc2C1=O)N1CCNCC1. The summed E-state index contributed by atoms with van der Waals surface area (Å²) in [6.07, 6.45) is 1.60. The Morgan fingerprint density at radius 1 is 0.966 bits per heavy atom. The molecule has 0 radical (unpaired) electrons. The number of ether oxygens (including phenoxy) is 1. The van der Waals surface area contributed by atoms with Gasteiger partial charge in [0.15, 0.2) is 0 Å². The number of benzene rings is 2. The van der Waals surface area contributed by atoms with Crippen LogP contribution in [-0.2, 0) is 0 Å². The number of rotatable bonds is 7. The molecule has 1 atom stereocenters. The lowest BCUT2D eigenvalue weighted by Crippen LogP contribution is -2.45. The first-order valence-corrected chi connectivity index (χ1v) is 10.2. The summed E-state index contributed by atoms with van der Waals surface area (Å²) in [4.78, 5) is 29.1. The van der Waals surface area contributed by atoms with Crippen molar-refractivity contribution in [3.05, 3.63) is 65.2 Å². The molecule has 1 fully saturated rings. The van der Waals surface area contributed by atoms with Crippen LogP contribution in [0.25, 0.3) is 0 Å². The minimum absolute atomic E-state index is 0.179. The predicted molar refractivity (Wildman–Crippen MR) is 111 cm³/mol. The van der Waals surface area contributed by atoms with Gasteiger partial charge in [-0.3, -0.25) is 19.4 Å². The smallest absolute Gasteiger partial charge is 0.261 e. The number of nitrogens with zero attached hydrogens (tertiary/aromatic N) is 2. The molecule has 29 heavy (non-hydrogen) atoms. The van der Waals surface area contributed by atoms with Crippen molar-refractivity contribution in [1.29, 1.82) is 0 Å². The number of carbonyl (C=O) groups is 2. The maximum atomic E-state index is 12.6. The number of fused-ring (bicyclic) bond motifs is 1. The van der Waals surface area contributed by atoms with E-state index in [0.29, 0.717) is 17.7 Å². The zero-order chi connectivity index (χ0) is 20.2. The third kappa shape index (κ3) is 3.91. The van der Waals surface area contributed by atoms with Crippen LogP contribution in [0.3, 0.4) is 0 Å². The van der Waals surface area contributed by atoms with Crippen LogP contribution in [0.2, 0.25) is 0 Å². The number of piperazine rings is 1. The number of amides is 2. The lowest BCUT2D eigenvalue weighted by molar-refractivity contribution is 0.0645. The van der Waals surface area contributed by atoms with Gasteiger partial charge in [0, 0.05) is 44.3 Å². The van der Waals surface area contributed by atoms with Crippen molar-refractivity contribution in [1.82, 2.24) is 15.1 Å². The van der Waals surface area contributed by atoms with Gasteiger partial charge >= 0.3 is 0 Å². The topological polar surface area (TPSA) is 61.9 Å². The highest BCUT2D eigenvalue weighted by Gasteiger charge is 2.35. The van der Waals surface area contributed by atoms with Crippen LogP contribution in [0.4, 0.5) is 0 Å². The molecule has 1 saturated heterocycles. The Morgan fingerprint density at radius 2 is 1.59 bits per heavy atom. The van der Waals surface area contributed by atoms with Gasteiger partial charge in [-0.15, -0.1) is 0 Å². The molecule has 6 nitrogen and oxygen atoms in total. The quantitative estimate of drug-likeness (QED) is 0.733. The normalized spacial score (nSPS) is 18.0. The molecule has 2 aliphatic rings. The Balaban J connectivity index is 1.48. The van der Waals surface area contributed by atoms with E-state index >= 15 is 0 Å². The first-order valence-electron chi connectivity index (χ1n) is 10.2. The molecule has 0 saturated carbocycles. The lowest BCUT2D eigenvalue weighted by atomic mass is 9.98. The van der Waals surface area contributed by atoms with E-state index in [1.54, 1.807) is 31.4 Å². The molecule has 2 aromatic carbocycles. The molecule has 2 aliphatic heterocycles. The summed E-state index contributed by atoms with van der Waals surface area (Å²) >= 11 is 0. The molecule has 0 aromatic heterocycles. The van der Waals surface area contributed by atoms with E-state index in [9.17, 15) is 9.59 Å². The third-order valence-electron chi connectivity index (χ3n) is 5.83. The average molecular weight is 393 g/mol. The Bertz CT molecular complexity index is 857. The summed E-state index contributed by atoms with van der Waals surface area (Å²) in [6.45, 7) is 4.30. The van der Waals surface area contributed by atoms with Crippen LogP contribution >= 0.6 is 0 Å². The Labute approximate surface area is 171 Å². The van der Waals surface area contributed by atoms with E-state index < -0.39 is 0 Å². The van der Waals surface area contributed by atoms with E-state index in [-0.39, 0.29) is 17.9 Å². The number of carbonyl (C=O) groups excluding carboxylic acids is 2. The van der Waals surface area contributed by atoms with Gasteiger partial charge in [0.1, 0.15) is 5.75 Å². The van der Waals surface area contributed by atoms with Crippen LogP contribution < -0.4 is 10.1 Å². The van der Waals surface area contributed by atoms with Crippen molar-refractivity contribution in [3.8, 4) is 5.75 Å². The largest absolute Gasteiger partial charge is 0.496 e. The fourth-order valence-electron chi connectivity index (χ4n) is 4.36. The lowest BCUT2D eigenvalue weighted by Gasteiger charge is -2.36. The van der Waals surface area contributed by atoms with Gasteiger partial charge < -0.3 is 10.1 Å². The minimum Gasteiger partial charge on any atom is -0.496 e. The fourth-order valence-corrected chi connectivity index (χ4v) is 4.36. The highest BCUT2D eigenvalue weighted by atomic mass is 16.5. The van der Waals surface area contributed by atoms with Crippen LogP contribution in [0.1, 0.15) is 45.2 Å². The van der Waals surface area contributed by atoms with Gasteiger partial charge in [0.05, 0.1) is 18.2 Å². The first-order chi connectivity index (χ1) is 14.2. The van der Waals surface area contributed by atoms with Crippen molar-refractivity contribution in [2.75, 3.05) is 39.8 Å². The van der Waals surface area contributed by atoms with Gasteiger partial charge in [-0.1, -0.05) is 30.3 Å². The standard InChI is InChI=1S/C23H27N3O3/c1-29-21-11-5-4-9-19(21)20(25-15-12-24-13-16-25)10-6-14-26-22(27)17-7-2-3-8-18(17)23(26)28/h2-5,7-9,11,20,24H,6,10,12-16H2,1H3. The molecule has 4 rings (SSSR count). The van der Waals surface area contributed by atoms with Gasteiger partial charge in [-0.25, -0.2) is 0 Å². The van der Waals surface area contributed by atoms with Crippen molar-refractivity contribution in [2.24, 2.45) is 0 Å². The van der Waals surface area contributed by atoms with Crippen molar-refractivity contribution >= 4 is 11.8 Å². The highest BCUT2D eigenvalue weighted by molar-refractivity contribution is 6.21. The molecule has 0 bridgehead atoms. The molecular weight excluding hydrogens is 366 g/mol. The van der Waals surface area contributed by atoms with E-state index in [0.717, 1.165) is 44.8 Å². The van der Waals surface area contributed by atoms with Crippen LogP contribution in [0.5, 0.6) is 5.75 Å². The summed E-state index contributed by atoms with van der Waals surface area (Å²) in [5.74, 6) is 0.528. The number of nitrogens with one attached hydrogen (secondary N) is 1. The molecule has 0 aliphatic carbocycles. The van der Waals surface area contributed by atoms with E-state index in [2.05, 4.69) is 16.3 Å². The second-order valence-corrected chi connectivity index (χ2v) is 7.49. The Hall–Kier alpha value is -2.70. The maximum absolute atomic E-state index is 12.6. The van der Waals surface area contributed by atoms with Gasteiger partial charge in [-0.05, 0) is 31.0 Å². The summed E-state index contributed by atoms with van der Waals surface area (Å²) in [7, 11) is 1.70. The van der Waals surface area contributed by atoms with Gasteiger partial charge in [0.25, 0.3) is 11.8 Å². The zero-order valence-corrected chi connectivity index (χ0v) is 16.8. The number of methoxy groups -OCH3 is 1. The van der Waals surface area contributed by atoms with Crippen LogP contribution in [-0.4, -0.2) is 61.4 Å². The molecule has 0 spiro atoms. The number of hydrogen-bond acceptors (Lipinski definition) is 5. The maximum Gasteiger partial charge on any atom is 0.261 e. The third-order valence-corrected chi connectivity index (χ3v) is 5.83. The van der Waals surface area contributed by atoms with Gasteiger partial charge in [-0.2, -0.15) is 0 Å². The molecule has 2 heterocycles. The molecule has 6 heteroatoms. The van der Waals surface area contributed by atoms with Crippen LogP contribution in [0, 0.1) is 0 Å². The number of hydrogen-bond donors (Lipinski definition) is 1. The minimum atomic E-state index is -0.179. The van der Waals surface area contributed by atoms with Crippen LogP contribution in [0.15, 0.2) is 48.5 Å². The number of para-hydroxylation sites is 1. The molecule has 1 N–H and O–H groups in total. The molecule has 1 unspecified atom stereocenters. The fraction of sp³-hybridized carbons (Fsp3) is 0.391. The number of imide groups is 1. The summed E-state index contributed by atoms with van der Waals surface area (Å²) in [5.41, 5.74) is 2.20. The van der Waals surface area contributed by atoms with Crippen molar-refractivity contribution in [2.45, 2.75) is 18.9 Å². The van der Waals surface area contributed by atoms with E-state index in [1.807, 2.05) is 18.2 Å². The second-order valence-electron chi connectivity index (χ2n) is 7.49. The molecular formula is C23H27N3O3. The average Bonchev–Trinajstić information content (AvgIpc) is 3.02. The van der Waals surface area contributed by atoms with Gasteiger partial charge in [0.2, 0.25) is 0 Å². The summed E-state index contributed by atoms with van der Waals surface area (Å²) < 4.78 is 5.61. The summed E-state index contributed by atoms with van der Waals surface area (Å²) in [6, 6.07) is 15.4. The van der Waals surface area contributed by atoms with Crippen molar-refractivity contribution in [3.63, 3.8) is 0 Å². The predicted octanol–water partition coefficient (Wildman–Crippen LogP) is 2.72. The monoisotopic (exact) mass is 393 g/mol. The molecule has 2 aromatic rings. The summed E-state index contributed by atoms with van der Waals surface area (Å²) in [5, 5.41) is 3.40. The Morgan fingerprint density at radius 3 is 2.24 bits per heavy atom. The Kier molecular flexibility index (Phi) is 5.92.